The number of amides is 6. The van der Waals surface area contributed by atoms with E-state index in [4.69, 9.17) is 0 Å². The van der Waals surface area contributed by atoms with Crippen LogP contribution in [0.3, 0.4) is 0 Å². The maximum atomic E-state index is 12.0. The SMILES string of the molecule is Cc1ccc(NC(=O)NC(=O)CN2C(=O)NC(C)(C)C2=O)c(C)c1. The van der Waals surface area contributed by atoms with Gasteiger partial charge in [0, 0.05) is 5.69 Å². The van der Waals surface area contributed by atoms with Crippen LogP contribution in [0.4, 0.5) is 15.3 Å². The van der Waals surface area contributed by atoms with Gasteiger partial charge in [-0.2, -0.15) is 0 Å². The first kappa shape index (κ1) is 17.5. The molecule has 6 amide bonds. The molecule has 8 nitrogen and oxygen atoms in total. The highest BCUT2D eigenvalue weighted by Gasteiger charge is 2.44. The molecule has 1 fully saturated rings. The molecule has 1 saturated heterocycles. The predicted molar refractivity (Wildman–Crippen MR) is 87.4 cm³/mol. The minimum atomic E-state index is -1.06. The van der Waals surface area contributed by atoms with E-state index in [0.717, 1.165) is 16.0 Å². The van der Waals surface area contributed by atoms with Crippen LogP contribution in [0.15, 0.2) is 18.2 Å². The highest BCUT2D eigenvalue weighted by atomic mass is 16.2. The molecule has 2 rings (SSSR count). The number of carbonyl (C=O) groups is 4. The summed E-state index contributed by atoms with van der Waals surface area (Å²) in [5.41, 5.74) is 1.42. The number of nitrogens with one attached hydrogen (secondary N) is 3. The van der Waals surface area contributed by atoms with Crippen molar-refractivity contribution in [1.82, 2.24) is 15.5 Å². The van der Waals surface area contributed by atoms with Gasteiger partial charge in [-0.25, -0.2) is 9.59 Å². The molecule has 1 heterocycles. The number of benzene rings is 1. The first-order valence-electron chi connectivity index (χ1n) is 7.42. The Hall–Kier alpha value is -2.90. The summed E-state index contributed by atoms with van der Waals surface area (Å²) >= 11 is 0. The normalized spacial score (nSPS) is 15.9. The van der Waals surface area contributed by atoms with Gasteiger partial charge >= 0.3 is 12.1 Å². The van der Waals surface area contributed by atoms with Crippen LogP contribution in [-0.4, -0.2) is 40.9 Å². The van der Waals surface area contributed by atoms with Crippen LogP contribution < -0.4 is 16.0 Å². The van der Waals surface area contributed by atoms with Crippen molar-refractivity contribution >= 4 is 29.6 Å². The van der Waals surface area contributed by atoms with Gasteiger partial charge < -0.3 is 10.6 Å². The van der Waals surface area contributed by atoms with Gasteiger partial charge in [-0.1, -0.05) is 17.7 Å². The van der Waals surface area contributed by atoms with Crippen molar-refractivity contribution < 1.29 is 19.2 Å². The van der Waals surface area contributed by atoms with Crippen LogP contribution in [0.25, 0.3) is 0 Å². The molecule has 1 aliphatic heterocycles. The molecule has 128 valence electrons. The predicted octanol–water partition coefficient (Wildman–Crippen LogP) is 1.28. The number of hydrogen-bond acceptors (Lipinski definition) is 4. The molecule has 0 radical (unpaired) electrons. The van der Waals surface area contributed by atoms with Crippen LogP contribution in [0, 0.1) is 13.8 Å². The van der Waals surface area contributed by atoms with Gasteiger partial charge in [-0.15, -0.1) is 0 Å². The third-order valence-corrected chi connectivity index (χ3v) is 3.63. The van der Waals surface area contributed by atoms with Crippen LogP contribution in [0.2, 0.25) is 0 Å². The second-order valence-electron chi connectivity index (χ2n) is 6.27. The van der Waals surface area contributed by atoms with Crippen molar-refractivity contribution in [1.29, 1.82) is 0 Å². The summed E-state index contributed by atoms with van der Waals surface area (Å²) in [4.78, 5) is 48.2. The van der Waals surface area contributed by atoms with Crippen LogP contribution in [-0.2, 0) is 9.59 Å². The van der Waals surface area contributed by atoms with Gasteiger partial charge in [-0.3, -0.25) is 19.8 Å². The van der Waals surface area contributed by atoms with Crippen molar-refractivity contribution in [3.8, 4) is 0 Å². The van der Waals surface area contributed by atoms with E-state index in [2.05, 4.69) is 16.0 Å². The molecule has 24 heavy (non-hydrogen) atoms. The minimum Gasteiger partial charge on any atom is -0.324 e. The van der Waals surface area contributed by atoms with Gasteiger partial charge in [0.25, 0.3) is 5.91 Å². The fourth-order valence-corrected chi connectivity index (χ4v) is 2.38. The van der Waals surface area contributed by atoms with E-state index in [1.54, 1.807) is 6.07 Å². The Bertz CT molecular complexity index is 727. The van der Waals surface area contributed by atoms with E-state index >= 15 is 0 Å². The van der Waals surface area contributed by atoms with Crippen molar-refractivity contribution in [2.75, 3.05) is 11.9 Å². The third kappa shape index (κ3) is 3.70. The van der Waals surface area contributed by atoms with Gasteiger partial charge in [0.05, 0.1) is 0 Å². The number of nitrogens with zero attached hydrogens (tertiary/aromatic N) is 1. The summed E-state index contributed by atoms with van der Waals surface area (Å²) in [6.07, 6.45) is 0. The first-order chi connectivity index (χ1) is 11.1. The standard InChI is InChI=1S/C16H20N4O4/c1-9-5-6-11(10(2)7-9)17-14(23)18-12(21)8-20-13(22)16(3,4)19-15(20)24/h5-7H,8H2,1-4H3,(H,19,24)(H2,17,18,21,23). The maximum absolute atomic E-state index is 12.0. The summed E-state index contributed by atoms with van der Waals surface area (Å²) in [5.74, 6) is -1.27. The third-order valence-electron chi connectivity index (χ3n) is 3.63. The number of urea groups is 2. The molecule has 0 aliphatic carbocycles. The van der Waals surface area contributed by atoms with E-state index in [1.165, 1.54) is 13.8 Å². The summed E-state index contributed by atoms with van der Waals surface area (Å²) < 4.78 is 0. The highest BCUT2D eigenvalue weighted by molar-refractivity contribution is 6.10. The lowest BCUT2D eigenvalue weighted by atomic mass is 10.1. The van der Waals surface area contributed by atoms with E-state index in [1.807, 2.05) is 26.0 Å². The molecule has 8 heteroatoms. The van der Waals surface area contributed by atoms with Gasteiger partial charge in [0.15, 0.2) is 0 Å². The Morgan fingerprint density at radius 3 is 2.42 bits per heavy atom. The van der Waals surface area contributed by atoms with Crippen molar-refractivity contribution in [2.24, 2.45) is 0 Å². The quantitative estimate of drug-likeness (QED) is 0.725. The second-order valence-corrected chi connectivity index (χ2v) is 6.27. The zero-order valence-electron chi connectivity index (χ0n) is 14.0. The summed E-state index contributed by atoms with van der Waals surface area (Å²) in [6, 6.07) is 4.08. The number of aryl methyl sites for hydroxylation is 2. The molecule has 1 aromatic carbocycles. The molecular formula is C16H20N4O4. The lowest BCUT2D eigenvalue weighted by molar-refractivity contribution is -0.133. The Morgan fingerprint density at radius 1 is 1.21 bits per heavy atom. The highest BCUT2D eigenvalue weighted by Crippen LogP contribution is 2.17. The number of rotatable bonds is 3. The molecule has 0 atom stereocenters. The van der Waals surface area contributed by atoms with Gasteiger partial charge in [-0.05, 0) is 39.3 Å². The van der Waals surface area contributed by atoms with Crippen molar-refractivity contribution in [3.63, 3.8) is 0 Å². The molecule has 1 aromatic rings. The number of hydrogen-bond donors (Lipinski definition) is 3. The Labute approximate surface area is 139 Å². The number of carbonyl (C=O) groups excluding carboxylic acids is 4. The van der Waals surface area contributed by atoms with E-state index in [-0.39, 0.29) is 0 Å². The van der Waals surface area contributed by atoms with Crippen molar-refractivity contribution in [2.45, 2.75) is 33.2 Å². The lowest BCUT2D eigenvalue weighted by Gasteiger charge is -2.15. The summed E-state index contributed by atoms with van der Waals surface area (Å²) in [6.45, 7) is 6.32. The lowest BCUT2D eigenvalue weighted by Crippen LogP contribution is -2.45. The zero-order valence-corrected chi connectivity index (χ0v) is 14.0. The molecular weight excluding hydrogens is 312 g/mol. The average molecular weight is 332 g/mol. The monoisotopic (exact) mass is 332 g/mol. The van der Waals surface area contributed by atoms with Crippen LogP contribution in [0.1, 0.15) is 25.0 Å². The summed E-state index contributed by atoms with van der Waals surface area (Å²) in [7, 11) is 0. The molecule has 0 saturated carbocycles. The van der Waals surface area contributed by atoms with E-state index < -0.39 is 36.0 Å². The molecule has 0 aromatic heterocycles. The molecule has 1 aliphatic rings. The molecule has 0 unspecified atom stereocenters. The summed E-state index contributed by atoms with van der Waals surface area (Å²) in [5, 5.41) is 7.12. The Morgan fingerprint density at radius 2 is 1.88 bits per heavy atom. The minimum absolute atomic E-state index is 0.516. The van der Waals surface area contributed by atoms with Gasteiger partial charge in [0.2, 0.25) is 5.91 Å². The fraction of sp³-hybridized carbons (Fsp3) is 0.375. The maximum Gasteiger partial charge on any atom is 0.325 e. The average Bonchev–Trinajstić information content (AvgIpc) is 2.64. The van der Waals surface area contributed by atoms with Gasteiger partial charge in [0.1, 0.15) is 12.1 Å². The smallest absolute Gasteiger partial charge is 0.324 e. The van der Waals surface area contributed by atoms with Crippen molar-refractivity contribution in [3.05, 3.63) is 29.3 Å². The molecule has 0 bridgehead atoms. The fourth-order valence-electron chi connectivity index (χ4n) is 2.38. The van der Waals surface area contributed by atoms with Crippen LogP contribution >= 0.6 is 0 Å². The first-order valence-corrected chi connectivity index (χ1v) is 7.42. The Kier molecular flexibility index (Phi) is 4.59. The largest absolute Gasteiger partial charge is 0.325 e. The Balaban J connectivity index is 1.94. The topological polar surface area (TPSA) is 108 Å². The zero-order chi connectivity index (χ0) is 18.1. The second kappa shape index (κ2) is 6.31. The van der Waals surface area contributed by atoms with Crippen LogP contribution in [0.5, 0.6) is 0 Å². The van der Waals surface area contributed by atoms with E-state index in [9.17, 15) is 19.2 Å². The number of imide groups is 2. The molecule has 3 N–H and O–H groups in total. The van der Waals surface area contributed by atoms with E-state index in [0.29, 0.717) is 5.69 Å². The molecule has 0 spiro atoms. The number of anilines is 1.